The molecular weight excluding hydrogens is 252 g/mol. The molecule has 0 bridgehead atoms. The molecule has 0 amide bonds. The van der Waals surface area contributed by atoms with Gasteiger partial charge < -0.3 is 15.4 Å². The molecule has 0 atom stereocenters. The van der Waals surface area contributed by atoms with Gasteiger partial charge in [-0.05, 0) is 50.3 Å². The van der Waals surface area contributed by atoms with E-state index in [4.69, 9.17) is 4.74 Å². The van der Waals surface area contributed by atoms with Gasteiger partial charge in [-0.2, -0.15) is 0 Å². The first kappa shape index (κ1) is 14.4. The van der Waals surface area contributed by atoms with Crippen LogP contribution in [0.3, 0.4) is 0 Å². The van der Waals surface area contributed by atoms with E-state index in [-0.39, 0.29) is 0 Å². The number of ether oxygens (including phenoxy) is 1. The van der Waals surface area contributed by atoms with Gasteiger partial charge in [-0.15, -0.1) is 0 Å². The average Bonchev–Trinajstić information content (AvgIpc) is 2.48. The van der Waals surface area contributed by atoms with E-state index in [9.17, 15) is 0 Å². The molecule has 2 aromatic rings. The third-order valence-corrected chi connectivity index (χ3v) is 2.76. The number of rotatable bonds is 8. The second-order valence-corrected chi connectivity index (χ2v) is 4.41. The largest absolute Gasteiger partial charge is 0.424 e. The third kappa shape index (κ3) is 4.95. The van der Waals surface area contributed by atoms with Crippen LogP contribution in [0.5, 0.6) is 11.8 Å². The highest BCUT2D eigenvalue weighted by Gasteiger charge is 2.00. The van der Waals surface area contributed by atoms with E-state index < -0.39 is 0 Å². The number of nitrogens with one attached hydrogen (secondary N) is 2. The summed E-state index contributed by atoms with van der Waals surface area (Å²) in [6, 6.07) is 10.1. The van der Waals surface area contributed by atoms with Crippen LogP contribution in [0, 0.1) is 0 Å². The van der Waals surface area contributed by atoms with Gasteiger partial charge in [0.05, 0.1) is 0 Å². The zero-order valence-corrected chi connectivity index (χ0v) is 11.7. The lowest BCUT2D eigenvalue weighted by molar-refractivity contribution is 0.441. The molecule has 0 saturated carbocycles. The van der Waals surface area contributed by atoms with Crippen molar-refractivity contribution in [2.24, 2.45) is 0 Å². The van der Waals surface area contributed by atoms with E-state index in [0.717, 1.165) is 31.8 Å². The van der Waals surface area contributed by atoms with Crippen LogP contribution in [0.15, 0.2) is 42.7 Å². The van der Waals surface area contributed by atoms with Gasteiger partial charge in [0.25, 0.3) is 0 Å². The molecule has 2 N–H and O–H groups in total. The predicted molar refractivity (Wildman–Crippen MR) is 78.8 cm³/mol. The molecule has 20 heavy (non-hydrogen) atoms. The Morgan fingerprint density at radius 2 is 1.95 bits per heavy atom. The quantitative estimate of drug-likeness (QED) is 0.719. The number of hydrogen-bond acceptors (Lipinski definition) is 5. The summed E-state index contributed by atoms with van der Waals surface area (Å²) in [6.45, 7) is 2.85. The van der Waals surface area contributed by atoms with E-state index in [1.54, 1.807) is 18.5 Å². The van der Waals surface area contributed by atoms with Gasteiger partial charge in [-0.25, -0.2) is 9.97 Å². The van der Waals surface area contributed by atoms with Crippen LogP contribution in [0.4, 0.5) is 0 Å². The first-order valence-corrected chi connectivity index (χ1v) is 6.77. The fourth-order valence-corrected chi connectivity index (χ4v) is 1.79. The summed E-state index contributed by atoms with van der Waals surface area (Å²) in [5, 5.41) is 6.53. The maximum atomic E-state index is 5.60. The average molecular weight is 272 g/mol. The Morgan fingerprint density at radius 3 is 2.75 bits per heavy atom. The smallest absolute Gasteiger partial charge is 0.321 e. The molecule has 5 heteroatoms. The molecule has 5 nitrogen and oxygen atoms in total. The van der Waals surface area contributed by atoms with E-state index in [2.05, 4.69) is 26.7 Å². The Morgan fingerprint density at radius 1 is 1.10 bits per heavy atom. The highest BCUT2D eigenvalue weighted by Crippen LogP contribution is 2.18. The van der Waals surface area contributed by atoms with Gasteiger partial charge >= 0.3 is 6.01 Å². The molecular formula is C15H20N4O. The lowest BCUT2D eigenvalue weighted by atomic mass is 10.2. The van der Waals surface area contributed by atoms with E-state index in [0.29, 0.717) is 6.01 Å². The second-order valence-electron chi connectivity index (χ2n) is 4.41. The van der Waals surface area contributed by atoms with Crippen LogP contribution >= 0.6 is 0 Å². The molecule has 1 aromatic carbocycles. The standard InChI is InChI=1S/C15H20N4O/c1-16-7-3-8-17-12-13-5-2-6-14(11-13)20-15-18-9-4-10-19-15/h2,4-6,9-11,16-17H,3,7-8,12H2,1H3. The highest BCUT2D eigenvalue weighted by molar-refractivity contribution is 5.30. The van der Waals surface area contributed by atoms with Crippen LogP contribution in [-0.2, 0) is 6.54 Å². The molecule has 0 spiro atoms. The molecule has 0 radical (unpaired) electrons. The van der Waals surface area contributed by atoms with Gasteiger partial charge in [0.2, 0.25) is 0 Å². The number of hydrogen-bond donors (Lipinski definition) is 2. The van der Waals surface area contributed by atoms with Gasteiger partial charge in [-0.1, -0.05) is 12.1 Å². The number of aromatic nitrogens is 2. The van der Waals surface area contributed by atoms with Gasteiger partial charge in [0.1, 0.15) is 5.75 Å². The lowest BCUT2D eigenvalue weighted by Gasteiger charge is -2.07. The Hall–Kier alpha value is -1.98. The Balaban J connectivity index is 1.84. The molecule has 1 heterocycles. The zero-order valence-electron chi connectivity index (χ0n) is 11.7. The van der Waals surface area contributed by atoms with Crippen LogP contribution in [-0.4, -0.2) is 30.1 Å². The first-order chi connectivity index (χ1) is 9.88. The number of benzene rings is 1. The maximum absolute atomic E-state index is 5.60. The van der Waals surface area contributed by atoms with E-state index >= 15 is 0 Å². The minimum atomic E-state index is 0.367. The molecule has 0 saturated heterocycles. The van der Waals surface area contributed by atoms with Gasteiger partial charge in [0.15, 0.2) is 0 Å². The molecule has 0 unspecified atom stereocenters. The zero-order chi connectivity index (χ0) is 14.0. The summed E-state index contributed by atoms with van der Waals surface area (Å²) in [4.78, 5) is 8.09. The number of nitrogens with zero attached hydrogens (tertiary/aromatic N) is 2. The summed E-state index contributed by atoms with van der Waals surface area (Å²) in [7, 11) is 1.96. The van der Waals surface area contributed by atoms with E-state index in [1.807, 2.05) is 25.2 Å². The minimum absolute atomic E-state index is 0.367. The van der Waals surface area contributed by atoms with Crippen molar-refractivity contribution in [2.45, 2.75) is 13.0 Å². The van der Waals surface area contributed by atoms with Crippen molar-refractivity contribution in [1.29, 1.82) is 0 Å². The molecule has 0 aliphatic carbocycles. The molecule has 0 fully saturated rings. The van der Waals surface area contributed by atoms with Crippen molar-refractivity contribution in [3.8, 4) is 11.8 Å². The second kappa shape index (κ2) is 8.24. The van der Waals surface area contributed by atoms with Crippen molar-refractivity contribution in [3.05, 3.63) is 48.3 Å². The first-order valence-electron chi connectivity index (χ1n) is 6.77. The van der Waals surface area contributed by atoms with Gasteiger partial charge in [-0.3, -0.25) is 0 Å². The predicted octanol–water partition coefficient (Wildman–Crippen LogP) is 1.97. The Labute approximate surface area is 119 Å². The summed E-state index contributed by atoms with van der Waals surface area (Å²) in [6.07, 6.45) is 4.44. The summed E-state index contributed by atoms with van der Waals surface area (Å²) < 4.78 is 5.60. The van der Waals surface area contributed by atoms with Crippen molar-refractivity contribution >= 4 is 0 Å². The van der Waals surface area contributed by atoms with Crippen LogP contribution in [0.25, 0.3) is 0 Å². The van der Waals surface area contributed by atoms with Crippen LogP contribution in [0.1, 0.15) is 12.0 Å². The fourth-order valence-electron chi connectivity index (χ4n) is 1.79. The topological polar surface area (TPSA) is 59.1 Å². The SMILES string of the molecule is CNCCCNCc1cccc(Oc2ncccn2)c1. The Kier molecular flexibility index (Phi) is 5.95. The van der Waals surface area contributed by atoms with Crippen molar-refractivity contribution in [1.82, 2.24) is 20.6 Å². The van der Waals surface area contributed by atoms with Crippen molar-refractivity contribution < 1.29 is 4.74 Å². The Bertz CT molecular complexity index is 504. The maximum Gasteiger partial charge on any atom is 0.321 e. The summed E-state index contributed by atoms with van der Waals surface area (Å²) in [5.74, 6) is 0.755. The highest BCUT2D eigenvalue weighted by atomic mass is 16.5. The summed E-state index contributed by atoms with van der Waals surface area (Å²) in [5.41, 5.74) is 1.18. The monoisotopic (exact) mass is 272 g/mol. The van der Waals surface area contributed by atoms with Gasteiger partial charge in [0, 0.05) is 18.9 Å². The minimum Gasteiger partial charge on any atom is -0.424 e. The van der Waals surface area contributed by atoms with Crippen LogP contribution < -0.4 is 15.4 Å². The summed E-state index contributed by atoms with van der Waals surface area (Å²) >= 11 is 0. The molecule has 0 aliphatic heterocycles. The lowest BCUT2D eigenvalue weighted by Crippen LogP contribution is -2.19. The molecule has 0 aliphatic rings. The van der Waals surface area contributed by atoms with Crippen LogP contribution in [0.2, 0.25) is 0 Å². The third-order valence-electron chi connectivity index (χ3n) is 2.76. The molecule has 106 valence electrons. The molecule has 1 aromatic heterocycles. The van der Waals surface area contributed by atoms with Crippen molar-refractivity contribution in [3.63, 3.8) is 0 Å². The molecule has 2 rings (SSSR count). The van der Waals surface area contributed by atoms with E-state index in [1.165, 1.54) is 5.56 Å². The fraction of sp³-hybridized carbons (Fsp3) is 0.333. The normalized spacial score (nSPS) is 10.4. The van der Waals surface area contributed by atoms with Crippen molar-refractivity contribution in [2.75, 3.05) is 20.1 Å².